The Morgan fingerprint density at radius 3 is 2.81 bits per heavy atom. The highest BCUT2D eigenvalue weighted by Crippen LogP contribution is 2.37. The molecule has 0 aliphatic carbocycles. The van der Waals surface area contributed by atoms with Gasteiger partial charge in [-0.1, -0.05) is 15.9 Å². The van der Waals surface area contributed by atoms with E-state index in [2.05, 4.69) is 15.9 Å². The summed E-state index contributed by atoms with van der Waals surface area (Å²) >= 11 is 5.03. The fourth-order valence-corrected chi connectivity index (χ4v) is 5.46. The molecular weight excluding hydrogens is 370 g/mol. The molecule has 1 fully saturated rings. The van der Waals surface area contributed by atoms with Crippen LogP contribution in [-0.4, -0.2) is 19.3 Å². The summed E-state index contributed by atoms with van der Waals surface area (Å²) in [5.74, 6) is 0. The molecule has 3 nitrogen and oxygen atoms in total. The van der Waals surface area contributed by atoms with E-state index in [9.17, 15) is 8.42 Å². The van der Waals surface area contributed by atoms with Crippen molar-refractivity contribution in [2.24, 2.45) is 0 Å². The lowest BCUT2D eigenvalue weighted by atomic mass is 10.1. The molecule has 2 aromatic rings. The van der Waals surface area contributed by atoms with Gasteiger partial charge in [0.25, 0.3) is 0 Å². The van der Waals surface area contributed by atoms with Crippen molar-refractivity contribution in [1.82, 2.24) is 4.31 Å². The van der Waals surface area contributed by atoms with Gasteiger partial charge in [-0.05, 0) is 65.9 Å². The minimum atomic E-state index is -3.44. The van der Waals surface area contributed by atoms with Crippen LogP contribution in [0.3, 0.4) is 0 Å². The second-order valence-corrected chi connectivity index (χ2v) is 8.77. The zero-order chi connectivity index (χ0) is 15.0. The van der Waals surface area contributed by atoms with Gasteiger partial charge in [0.15, 0.2) is 0 Å². The first kappa shape index (κ1) is 15.2. The second kappa shape index (κ2) is 5.83. The highest BCUT2D eigenvalue weighted by molar-refractivity contribution is 9.10. The van der Waals surface area contributed by atoms with E-state index in [1.54, 1.807) is 33.8 Å². The first-order valence-electron chi connectivity index (χ1n) is 6.80. The van der Waals surface area contributed by atoms with Crippen LogP contribution in [0.15, 0.2) is 44.4 Å². The molecule has 1 saturated heterocycles. The quantitative estimate of drug-likeness (QED) is 0.787. The van der Waals surface area contributed by atoms with Crippen molar-refractivity contribution in [3.63, 3.8) is 0 Å². The van der Waals surface area contributed by atoms with Gasteiger partial charge in [-0.3, -0.25) is 0 Å². The first-order valence-corrected chi connectivity index (χ1v) is 9.98. The number of benzene rings is 1. The Morgan fingerprint density at radius 1 is 1.33 bits per heavy atom. The van der Waals surface area contributed by atoms with Crippen molar-refractivity contribution in [2.75, 3.05) is 6.54 Å². The summed E-state index contributed by atoms with van der Waals surface area (Å²) in [4.78, 5) is 0.380. The summed E-state index contributed by atoms with van der Waals surface area (Å²) < 4.78 is 28.4. The number of rotatable bonds is 3. The van der Waals surface area contributed by atoms with Gasteiger partial charge in [-0.2, -0.15) is 15.6 Å². The smallest absolute Gasteiger partial charge is 0.207 e. The number of sulfonamides is 1. The molecule has 0 N–H and O–H groups in total. The fourth-order valence-electron chi connectivity index (χ4n) is 2.74. The van der Waals surface area contributed by atoms with Gasteiger partial charge in [-0.25, -0.2) is 8.42 Å². The van der Waals surface area contributed by atoms with Gasteiger partial charge >= 0.3 is 0 Å². The maximum Gasteiger partial charge on any atom is 0.243 e. The summed E-state index contributed by atoms with van der Waals surface area (Å²) in [6.07, 6.45) is 1.81. The standard InChI is InChI=1S/C15H16BrNO2S2/c1-11-9-13(4-5-14(11)16)21(18,19)17-7-2-3-15(17)12-6-8-20-10-12/h4-6,8-10,15H,2-3,7H2,1H3. The Kier molecular flexibility index (Phi) is 4.23. The zero-order valence-electron chi connectivity index (χ0n) is 11.6. The highest BCUT2D eigenvalue weighted by Gasteiger charge is 2.36. The van der Waals surface area contributed by atoms with Gasteiger partial charge in [0.1, 0.15) is 0 Å². The van der Waals surface area contributed by atoms with Gasteiger partial charge in [0, 0.05) is 11.0 Å². The minimum Gasteiger partial charge on any atom is -0.207 e. The SMILES string of the molecule is Cc1cc(S(=O)(=O)N2CCCC2c2ccsc2)ccc1Br. The maximum atomic E-state index is 12.9. The second-order valence-electron chi connectivity index (χ2n) is 5.24. The third-order valence-electron chi connectivity index (χ3n) is 3.87. The predicted octanol–water partition coefficient (Wildman–Crippen LogP) is 4.34. The summed E-state index contributed by atoms with van der Waals surface area (Å²) in [5, 5.41) is 4.05. The molecule has 21 heavy (non-hydrogen) atoms. The molecule has 0 bridgehead atoms. The number of nitrogens with zero attached hydrogens (tertiary/aromatic N) is 1. The zero-order valence-corrected chi connectivity index (χ0v) is 14.8. The molecule has 1 unspecified atom stereocenters. The normalized spacial score (nSPS) is 20.0. The van der Waals surface area contributed by atoms with E-state index < -0.39 is 10.0 Å². The third kappa shape index (κ3) is 2.82. The van der Waals surface area contributed by atoms with Gasteiger partial charge < -0.3 is 0 Å². The Hall–Kier alpha value is -0.690. The number of thiophene rings is 1. The Bertz CT molecular complexity index is 741. The monoisotopic (exact) mass is 385 g/mol. The van der Waals surface area contributed by atoms with E-state index in [4.69, 9.17) is 0 Å². The lowest BCUT2D eigenvalue weighted by Crippen LogP contribution is -2.30. The molecule has 1 aliphatic rings. The number of hydrogen-bond acceptors (Lipinski definition) is 3. The van der Waals surface area contributed by atoms with Crippen molar-refractivity contribution < 1.29 is 8.42 Å². The Balaban J connectivity index is 1.99. The maximum absolute atomic E-state index is 12.9. The molecule has 1 aromatic carbocycles. The van der Waals surface area contributed by atoms with E-state index in [0.29, 0.717) is 11.4 Å². The third-order valence-corrected chi connectivity index (χ3v) is 7.36. The topological polar surface area (TPSA) is 37.4 Å². The molecule has 0 radical (unpaired) electrons. The summed E-state index contributed by atoms with van der Waals surface area (Å²) in [5.41, 5.74) is 2.04. The van der Waals surface area contributed by atoms with Crippen LogP contribution in [0, 0.1) is 6.92 Å². The van der Waals surface area contributed by atoms with Crippen LogP contribution in [0.4, 0.5) is 0 Å². The van der Waals surface area contributed by atoms with Crippen molar-refractivity contribution in [3.8, 4) is 0 Å². The summed E-state index contributed by atoms with van der Waals surface area (Å²) in [6, 6.07) is 7.22. The molecule has 2 heterocycles. The van der Waals surface area contributed by atoms with Crippen LogP contribution in [0.2, 0.25) is 0 Å². The predicted molar refractivity (Wildman–Crippen MR) is 89.1 cm³/mol. The highest BCUT2D eigenvalue weighted by atomic mass is 79.9. The summed E-state index contributed by atoms with van der Waals surface area (Å²) in [7, 11) is -3.44. The Morgan fingerprint density at radius 2 is 2.14 bits per heavy atom. The fraction of sp³-hybridized carbons (Fsp3) is 0.333. The lowest BCUT2D eigenvalue weighted by Gasteiger charge is -2.24. The number of aryl methyl sites for hydroxylation is 1. The van der Waals surface area contributed by atoms with Crippen LogP contribution in [0.5, 0.6) is 0 Å². The van der Waals surface area contributed by atoms with E-state index >= 15 is 0 Å². The van der Waals surface area contributed by atoms with Crippen molar-refractivity contribution in [3.05, 3.63) is 50.6 Å². The largest absolute Gasteiger partial charge is 0.243 e. The van der Waals surface area contributed by atoms with Gasteiger partial charge in [-0.15, -0.1) is 0 Å². The first-order chi connectivity index (χ1) is 10.00. The minimum absolute atomic E-state index is 0.0230. The molecule has 0 saturated carbocycles. The average Bonchev–Trinajstić information content (AvgIpc) is 3.11. The molecule has 0 spiro atoms. The van der Waals surface area contributed by atoms with Crippen LogP contribution in [0.25, 0.3) is 0 Å². The van der Waals surface area contributed by atoms with E-state index in [1.807, 2.05) is 23.8 Å². The summed E-state index contributed by atoms with van der Waals surface area (Å²) in [6.45, 7) is 2.50. The van der Waals surface area contributed by atoms with Gasteiger partial charge in [0.2, 0.25) is 10.0 Å². The molecule has 0 amide bonds. The van der Waals surface area contributed by atoms with Crippen molar-refractivity contribution in [2.45, 2.75) is 30.7 Å². The van der Waals surface area contributed by atoms with Crippen LogP contribution >= 0.6 is 27.3 Å². The molecule has 6 heteroatoms. The molecule has 1 aromatic heterocycles. The average molecular weight is 386 g/mol. The molecular formula is C15H16BrNO2S2. The van der Waals surface area contributed by atoms with Gasteiger partial charge in [0.05, 0.1) is 10.9 Å². The molecule has 1 aliphatic heterocycles. The number of halogens is 1. The molecule has 1 atom stereocenters. The van der Waals surface area contributed by atoms with E-state index in [1.165, 1.54) is 0 Å². The molecule has 112 valence electrons. The lowest BCUT2D eigenvalue weighted by molar-refractivity contribution is 0.397. The van der Waals surface area contributed by atoms with Crippen molar-refractivity contribution >= 4 is 37.3 Å². The number of hydrogen-bond donors (Lipinski definition) is 0. The van der Waals surface area contributed by atoms with Crippen LogP contribution in [0.1, 0.15) is 30.0 Å². The van der Waals surface area contributed by atoms with Crippen molar-refractivity contribution in [1.29, 1.82) is 0 Å². The van der Waals surface area contributed by atoms with E-state index in [-0.39, 0.29) is 6.04 Å². The van der Waals surface area contributed by atoms with Crippen LogP contribution < -0.4 is 0 Å². The van der Waals surface area contributed by atoms with Crippen LogP contribution in [-0.2, 0) is 10.0 Å². The molecule has 3 rings (SSSR count). The van der Waals surface area contributed by atoms with E-state index in [0.717, 1.165) is 28.4 Å². The Labute approximate surface area is 137 Å².